The number of hydrogen-bond acceptors (Lipinski definition) is 4. The predicted molar refractivity (Wildman–Crippen MR) is 83.3 cm³/mol. The number of rotatable bonds is 2. The van der Waals surface area contributed by atoms with E-state index in [0.717, 1.165) is 0 Å². The van der Waals surface area contributed by atoms with Gasteiger partial charge in [-0.3, -0.25) is 19.3 Å². The molecule has 1 aromatic rings. The van der Waals surface area contributed by atoms with Crippen molar-refractivity contribution >= 4 is 23.5 Å². The average molecular weight is 312 g/mol. The highest BCUT2D eigenvalue weighted by Crippen LogP contribution is 2.40. The van der Waals surface area contributed by atoms with E-state index in [1.54, 1.807) is 18.2 Å². The molecule has 1 fully saturated rings. The lowest BCUT2D eigenvalue weighted by Gasteiger charge is -2.33. The van der Waals surface area contributed by atoms with Crippen LogP contribution in [-0.4, -0.2) is 28.7 Å². The molecule has 0 aliphatic carbocycles. The molecule has 6 heteroatoms. The highest BCUT2D eigenvalue weighted by molar-refractivity contribution is 6.11. The Kier molecular flexibility index (Phi) is 3.52. The van der Waals surface area contributed by atoms with E-state index in [1.165, 1.54) is 11.8 Å². The number of hydrogen-bond donors (Lipinski definition) is 1. The fourth-order valence-corrected chi connectivity index (χ4v) is 2.99. The summed E-state index contributed by atoms with van der Waals surface area (Å²) in [5.41, 5.74) is 1.93. The molecule has 0 bridgehead atoms. The van der Waals surface area contributed by atoms with Crippen molar-refractivity contribution in [3.8, 4) is 5.75 Å². The number of esters is 1. The second-order valence-corrected chi connectivity index (χ2v) is 5.52. The summed E-state index contributed by atoms with van der Waals surface area (Å²) < 4.78 is 5.14. The smallest absolute Gasteiger partial charge is 0.308 e. The molecule has 1 atom stereocenters. The van der Waals surface area contributed by atoms with Gasteiger partial charge in [0.15, 0.2) is 0 Å². The van der Waals surface area contributed by atoms with Crippen LogP contribution in [0.15, 0.2) is 37.1 Å². The molecular formula is C17H16N2O4. The molecule has 3 rings (SSSR count). The number of benzene rings is 1. The van der Waals surface area contributed by atoms with Crippen molar-refractivity contribution in [2.45, 2.75) is 25.8 Å². The van der Waals surface area contributed by atoms with Crippen LogP contribution in [0.25, 0.3) is 5.70 Å². The number of carbonyl (C=O) groups excluding carboxylic acids is 3. The van der Waals surface area contributed by atoms with Crippen LogP contribution in [0, 0.1) is 0 Å². The molecule has 2 heterocycles. The fourth-order valence-electron chi connectivity index (χ4n) is 2.99. The first kappa shape index (κ1) is 15.0. The Morgan fingerprint density at radius 2 is 2.09 bits per heavy atom. The van der Waals surface area contributed by atoms with Gasteiger partial charge in [-0.05, 0) is 12.5 Å². The van der Waals surface area contributed by atoms with Gasteiger partial charge >= 0.3 is 5.97 Å². The van der Waals surface area contributed by atoms with Crippen LogP contribution in [0.5, 0.6) is 5.75 Å². The molecule has 23 heavy (non-hydrogen) atoms. The summed E-state index contributed by atoms with van der Waals surface area (Å²) in [6.07, 6.45) is 0.792. The topological polar surface area (TPSA) is 75.7 Å². The van der Waals surface area contributed by atoms with E-state index in [4.69, 9.17) is 4.74 Å². The standard InChI is InChI=1S/C17H16N2O4/c1-9-13(7-8-15(21)18-9)19-10(2)12-5-4-6-14(23-11(3)20)16(12)17(19)22/h4-6,13H,1-2,7-8H2,3H3,(H,18,21). The molecule has 0 saturated carbocycles. The summed E-state index contributed by atoms with van der Waals surface area (Å²) in [5, 5.41) is 2.67. The number of fused-ring (bicyclic) bond motifs is 1. The zero-order chi connectivity index (χ0) is 16.7. The maximum atomic E-state index is 12.9. The Hall–Kier alpha value is -2.89. The number of piperidine rings is 1. The second-order valence-electron chi connectivity index (χ2n) is 5.52. The average Bonchev–Trinajstić information content (AvgIpc) is 2.72. The molecule has 0 radical (unpaired) electrons. The predicted octanol–water partition coefficient (Wildman–Crippen LogP) is 1.83. The SMILES string of the molecule is C=C1NC(=O)CCC1N1C(=C)c2cccc(OC(C)=O)c2C1=O. The minimum absolute atomic E-state index is 0.110. The van der Waals surface area contributed by atoms with Gasteiger partial charge in [-0.25, -0.2) is 0 Å². The molecule has 1 N–H and O–H groups in total. The van der Waals surface area contributed by atoms with Gasteiger partial charge in [0.05, 0.1) is 11.6 Å². The van der Waals surface area contributed by atoms with E-state index in [0.29, 0.717) is 35.4 Å². The third-order valence-corrected chi connectivity index (χ3v) is 3.97. The van der Waals surface area contributed by atoms with Gasteiger partial charge in [0.25, 0.3) is 5.91 Å². The molecule has 1 unspecified atom stereocenters. The number of nitrogens with one attached hydrogen (secondary N) is 1. The van der Waals surface area contributed by atoms with Gasteiger partial charge in [0.1, 0.15) is 5.75 Å². The maximum absolute atomic E-state index is 12.9. The summed E-state index contributed by atoms with van der Waals surface area (Å²) in [6.45, 7) is 9.11. The molecular weight excluding hydrogens is 296 g/mol. The van der Waals surface area contributed by atoms with E-state index in [-0.39, 0.29) is 23.6 Å². The number of carbonyl (C=O) groups is 3. The first-order chi connectivity index (χ1) is 10.9. The number of nitrogens with zero attached hydrogens (tertiary/aromatic N) is 1. The molecule has 0 aromatic heterocycles. The minimum atomic E-state index is -0.496. The van der Waals surface area contributed by atoms with Crippen LogP contribution >= 0.6 is 0 Å². The third kappa shape index (κ3) is 2.42. The van der Waals surface area contributed by atoms with Gasteiger partial charge in [-0.15, -0.1) is 0 Å². The maximum Gasteiger partial charge on any atom is 0.308 e. The van der Waals surface area contributed by atoms with E-state index < -0.39 is 5.97 Å². The van der Waals surface area contributed by atoms with Gasteiger partial charge in [0, 0.05) is 30.3 Å². The Balaban J connectivity index is 1.99. The van der Waals surface area contributed by atoms with Crippen LogP contribution in [0.2, 0.25) is 0 Å². The monoisotopic (exact) mass is 312 g/mol. The van der Waals surface area contributed by atoms with Crippen molar-refractivity contribution in [3.05, 3.63) is 48.2 Å². The summed E-state index contributed by atoms with van der Waals surface area (Å²) >= 11 is 0. The zero-order valence-corrected chi connectivity index (χ0v) is 12.7. The first-order valence-corrected chi connectivity index (χ1v) is 7.23. The second kappa shape index (κ2) is 5.39. The van der Waals surface area contributed by atoms with Crippen LogP contribution < -0.4 is 10.1 Å². The molecule has 0 spiro atoms. The van der Waals surface area contributed by atoms with E-state index >= 15 is 0 Å². The molecule has 6 nitrogen and oxygen atoms in total. The number of amides is 2. The van der Waals surface area contributed by atoms with Crippen molar-refractivity contribution in [3.63, 3.8) is 0 Å². The van der Waals surface area contributed by atoms with Crippen molar-refractivity contribution in [1.82, 2.24) is 10.2 Å². The quantitative estimate of drug-likeness (QED) is 0.668. The fraction of sp³-hybridized carbons (Fsp3) is 0.235. The van der Waals surface area contributed by atoms with Crippen LogP contribution in [0.3, 0.4) is 0 Å². The van der Waals surface area contributed by atoms with E-state index in [1.807, 2.05) is 0 Å². The minimum Gasteiger partial charge on any atom is -0.426 e. The van der Waals surface area contributed by atoms with Gasteiger partial charge in [0.2, 0.25) is 5.91 Å². The van der Waals surface area contributed by atoms with Crippen molar-refractivity contribution < 1.29 is 19.1 Å². The summed E-state index contributed by atoms with van der Waals surface area (Å²) in [5.74, 6) is -0.690. The largest absolute Gasteiger partial charge is 0.426 e. The highest BCUT2D eigenvalue weighted by Gasteiger charge is 2.40. The van der Waals surface area contributed by atoms with Crippen LogP contribution in [0.1, 0.15) is 35.7 Å². The third-order valence-electron chi connectivity index (χ3n) is 3.97. The molecule has 2 aliphatic heterocycles. The summed E-state index contributed by atoms with van der Waals surface area (Å²) in [4.78, 5) is 37.0. The Labute approximate surface area is 133 Å². The van der Waals surface area contributed by atoms with Crippen molar-refractivity contribution in [2.75, 3.05) is 0 Å². The molecule has 2 amide bonds. The number of ether oxygens (including phenoxy) is 1. The van der Waals surface area contributed by atoms with Crippen molar-refractivity contribution in [2.24, 2.45) is 0 Å². The molecule has 118 valence electrons. The van der Waals surface area contributed by atoms with Crippen LogP contribution in [0.4, 0.5) is 0 Å². The summed E-state index contributed by atoms with van der Waals surface area (Å²) in [7, 11) is 0. The highest BCUT2D eigenvalue weighted by atomic mass is 16.5. The Morgan fingerprint density at radius 1 is 1.35 bits per heavy atom. The van der Waals surface area contributed by atoms with Gasteiger partial charge in [-0.1, -0.05) is 25.3 Å². The van der Waals surface area contributed by atoms with E-state index in [9.17, 15) is 14.4 Å². The Morgan fingerprint density at radius 3 is 2.74 bits per heavy atom. The van der Waals surface area contributed by atoms with E-state index in [2.05, 4.69) is 18.5 Å². The van der Waals surface area contributed by atoms with Gasteiger partial charge < -0.3 is 10.1 Å². The molecule has 1 aromatic carbocycles. The zero-order valence-electron chi connectivity index (χ0n) is 12.7. The first-order valence-electron chi connectivity index (χ1n) is 7.23. The lowest BCUT2D eigenvalue weighted by molar-refractivity contribution is -0.132. The van der Waals surface area contributed by atoms with Crippen molar-refractivity contribution in [1.29, 1.82) is 0 Å². The van der Waals surface area contributed by atoms with Gasteiger partial charge in [-0.2, -0.15) is 0 Å². The normalized spacial score (nSPS) is 20.4. The lowest BCUT2D eigenvalue weighted by atomic mass is 10.0. The molecule has 1 saturated heterocycles. The summed E-state index contributed by atoms with van der Waals surface area (Å²) in [6, 6.07) is 4.68. The lowest BCUT2D eigenvalue weighted by Crippen LogP contribution is -2.45. The molecule has 2 aliphatic rings. The van der Waals surface area contributed by atoms with Crippen LogP contribution in [-0.2, 0) is 9.59 Å². The Bertz CT molecular complexity index is 766.